The standard InChI is InChI=1S/C52H69N3O12S/c1-12-13-14-15-16-17-39(56)66-46-29(3)40(48-47(30(46)4)63-27-64-48)36-25-62-49(58)52(35-23-37(60-10)38(22-32(35)18-19-53-52)65-50(59)67-51(6,7)8)26-68-31(5)42-43-41-33(20-28(2)45(61-11)44(41)57)21-34(54(43)9)24-55(36)42/h20,22-23,31,34,36,42-43,53,57H,12-19,21,24-27H2,1-11H3/t31?,34?,36?,42?,43?,52-/m1/s1. The topological polar surface area (TPSA) is 164 Å². The number of benzene rings is 3. The predicted molar refractivity (Wildman–Crippen MR) is 258 cm³/mol. The number of hydrogen-bond donors (Lipinski definition) is 2. The van der Waals surface area contributed by atoms with Gasteiger partial charge in [-0.25, -0.2) is 9.59 Å². The van der Waals surface area contributed by atoms with Crippen LogP contribution in [0.1, 0.15) is 130 Å². The first-order valence-electron chi connectivity index (χ1n) is 24.1. The van der Waals surface area contributed by atoms with Crippen LogP contribution in [0, 0.1) is 20.8 Å². The first-order valence-corrected chi connectivity index (χ1v) is 25.1. The SMILES string of the molecule is CCCCCCCC(=O)Oc1c(C)c2c(c(C3COC(=O)[C@]4(CSC(C)C5C6c7c(cc(C)c(OC)c7O)CC(CN35)N6C)NCCc3cc(OC(=O)OC(C)(C)C)c(OC)cc34)c1C)OCO2. The van der Waals surface area contributed by atoms with Crippen molar-refractivity contribution in [2.75, 3.05) is 53.5 Å². The van der Waals surface area contributed by atoms with Crippen molar-refractivity contribution in [2.24, 2.45) is 0 Å². The van der Waals surface area contributed by atoms with E-state index >= 15 is 4.79 Å². The van der Waals surface area contributed by atoms with Gasteiger partial charge >= 0.3 is 18.1 Å². The zero-order valence-corrected chi connectivity index (χ0v) is 42.4. The van der Waals surface area contributed by atoms with Crippen LogP contribution in [0.2, 0.25) is 0 Å². The van der Waals surface area contributed by atoms with Crippen molar-refractivity contribution in [1.82, 2.24) is 15.1 Å². The molecule has 2 N–H and O–H groups in total. The van der Waals surface area contributed by atoms with Crippen LogP contribution in [0.3, 0.4) is 0 Å². The molecule has 8 rings (SSSR count). The minimum Gasteiger partial charge on any atom is -0.504 e. The summed E-state index contributed by atoms with van der Waals surface area (Å²) >= 11 is 1.65. The molecule has 2 fully saturated rings. The molecule has 0 aromatic heterocycles. The van der Waals surface area contributed by atoms with Crippen molar-refractivity contribution in [3.8, 4) is 40.2 Å². The van der Waals surface area contributed by atoms with Crippen molar-refractivity contribution in [2.45, 2.75) is 147 Å². The fourth-order valence-electron chi connectivity index (χ4n) is 11.1. The molecule has 5 heterocycles. The summed E-state index contributed by atoms with van der Waals surface area (Å²) in [6.07, 6.45) is 5.61. The molecule has 2 saturated heterocycles. The van der Waals surface area contributed by atoms with Crippen LogP contribution in [0.15, 0.2) is 18.2 Å². The van der Waals surface area contributed by atoms with E-state index in [4.69, 9.17) is 37.9 Å². The van der Waals surface area contributed by atoms with Crippen molar-refractivity contribution in [3.63, 3.8) is 0 Å². The number of rotatable bonds is 11. The zero-order chi connectivity index (χ0) is 48.8. The molecule has 1 spiro atoms. The second-order valence-electron chi connectivity index (χ2n) is 19.9. The number of likely N-dealkylation sites (N-methyl/N-ethyl adjacent to an activating group) is 1. The van der Waals surface area contributed by atoms with E-state index in [-0.39, 0.29) is 72.2 Å². The van der Waals surface area contributed by atoms with E-state index in [0.717, 1.165) is 59.9 Å². The fraction of sp³-hybridized carbons (Fsp3) is 0.596. The minimum atomic E-state index is -1.35. The Balaban J connectivity index is 1.26. The Morgan fingerprint density at radius 3 is 2.40 bits per heavy atom. The summed E-state index contributed by atoms with van der Waals surface area (Å²) in [4.78, 5) is 46.6. The number of hydrogen-bond acceptors (Lipinski definition) is 16. The summed E-state index contributed by atoms with van der Waals surface area (Å²) in [5.74, 6) is 1.94. The molecule has 2 bridgehead atoms. The van der Waals surface area contributed by atoms with Gasteiger partial charge in [0.25, 0.3) is 0 Å². The Bertz CT molecular complexity index is 2440. The number of carbonyl (C=O) groups is 3. The third-order valence-electron chi connectivity index (χ3n) is 14.4. The average molecular weight is 960 g/mol. The van der Waals surface area contributed by atoms with Crippen LogP contribution in [0.4, 0.5) is 4.79 Å². The number of phenolic OH excluding ortho intramolecular Hbond substituents is 1. The number of piperazine rings is 1. The molecule has 0 radical (unpaired) electrons. The molecule has 16 heteroatoms. The van der Waals surface area contributed by atoms with Gasteiger partial charge in [-0.3, -0.25) is 19.9 Å². The number of aromatic hydroxyl groups is 1. The Hall–Kier alpha value is -4.90. The van der Waals surface area contributed by atoms with Crippen LogP contribution in [0.5, 0.6) is 40.2 Å². The van der Waals surface area contributed by atoms with Crippen LogP contribution in [0.25, 0.3) is 0 Å². The maximum absolute atomic E-state index is 15.3. The molecule has 0 saturated carbocycles. The zero-order valence-electron chi connectivity index (χ0n) is 41.6. The number of thioether (sulfide) groups is 1. The molecule has 5 aliphatic rings. The van der Waals surface area contributed by atoms with Crippen molar-refractivity contribution >= 4 is 29.9 Å². The lowest BCUT2D eigenvalue weighted by molar-refractivity contribution is -0.155. The molecule has 68 heavy (non-hydrogen) atoms. The summed E-state index contributed by atoms with van der Waals surface area (Å²) in [5.41, 5.74) is 4.17. The molecule has 0 aliphatic carbocycles. The number of carbonyl (C=O) groups excluding carboxylic acids is 3. The van der Waals surface area contributed by atoms with Crippen LogP contribution in [-0.4, -0.2) is 109 Å². The number of methoxy groups -OCH3 is 2. The van der Waals surface area contributed by atoms with E-state index in [1.165, 1.54) is 7.11 Å². The predicted octanol–water partition coefficient (Wildman–Crippen LogP) is 8.69. The number of cyclic esters (lactones) is 1. The Morgan fingerprint density at radius 1 is 0.926 bits per heavy atom. The summed E-state index contributed by atoms with van der Waals surface area (Å²) in [6, 6.07) is 4.46. The highest BCUT2D eigenvalue weighted by molar-refractivity contribution is 8.00. The van der Waals surface area contributed by atoms with Gasteiger partial charge in [-0.2, -0.15) is 11.8 Å². The fourth-order valence-corrected chi connectivity index (χ4v) is 12.5. The average Bonchev–Trinajstić information content (AvgIpc) is 3.77. The molecule has 370 valence electrons. The lowest BCUT2D eigenvalue weighted by Gasteiger charge is -2.58. The minimum absolute atomic E-state index is 0.0260. The van der Waals surface area contributed by atoms with E-state index < -0.39 is 29.3 Å². The van der Waals surface area contributed by atoms with E-state index in [2.05, 4.69) is 42.1 Å². The van der Waals surface area contributed by atoms with Gasteiger partial charge in [-0.15, -0.1) is 0 Å². The highest BCUT2D eigenvalue weighted by Crippen LogP contribution is 2.56. The monoisotopic (exact) mass is 959 g/mol. The van der Waals surface area contributed by atoms with Crippen molar-refractivity contribution in [1.29, 1.82) is 0 Å². The number of aryl methyl sites for hydroxylation is 1. The van der Waals surface area contributed by atoms with Crippen LogP contribution in [-0.2, 0) is 37.4 Å². The Kier molecular flexibility index (Phi) is 14.4. The summed E-state index contributed by atoms with van der Waals surface area (Å²) in [5, 5.41) is 15.6. The molecular weight excluding hydrogens is 891 g/mol. The largest absolute Gasteiger partial charge is 0.514 e. The molecular formula is C52H69N3O12S. The third kappa shape index (κ3) is 9.17. The van der Waals surface area contributed by atoms with Gasteiger partial charge in [0.15, 0.2) is 40.0 Å². The third-order valence-corrected chi connectivity index (χ3v) is 15.8. The van der Waals surface area contributed by atoms with Gasteiger partial charge in [0.1, 0.15) is 18.0 Å². The van der Waals surface area contributed by atoms with Gasteiger partial charge in [-0.05, 0) is 102 Å². The number of unbranched alkanes of at least 4 members (excludes halogenated alkanes) is 4. The maximum Gasteiger partial charge on any atom is 0.514 e. The van der Waals surface area contributed by atoms with E-state index in [1.54, 1.807) is 51.8 Å². The number of phenols is 1. The van der Waals surface area contributed by atoms with Crippen molar-refractivity contribution < 1.29 is 57.4 Å². The molecule has 6 atom stereocenters. The highest BCUT2D eigenvalue weighted by atomic mass is 32.2. The van der Waals surface area contributed by atoms with Crippen LogP contribution < -0.4 is 33.7 Å². The summed E-state index contributed by atoms with van der Waals surface area (Å²) in [6.45, 7) is 16.3. The first kappa shape index (κ1) is 49.5. The summed E-state index contributed by atoms with van der Waals surface area (Å²) < 4.78 is 48.4. The first-order chi connectivity index (χ1) is 32.4. The second kappa shape index (κ2) is 19.8. The molecule has 3 aromatic carbocycles. The highest BCUT2D eigenvalue weighted by Gasteiger charge is 2.54. The molecule has 5 aliphatic heterocycles. The normalized spacial score (nSPS) is 24.6. The number of nitrogens with zero attached hydrogens (tertiary/aromatic N) is 2. The van der Waals surface area contributed by atoms with E-state index in [9.17, 15) is 14.7 Å². The van der Waals surface area contributed by atoms with Gasteiger partial charge in [0.2, 0.25) is 6.79 Å². The van der Waals surface area contributed by atoms with Gasteiger partial charge < -0.3 is 43.0 Å². The maximum atomic E-state index is 15.3. The number of nitrogens with one attached hydrogen (secondary N) is 1. The molecule has 0 amide bonds. The molecule has 15 nitrogen and oxygen atoms in total. The van der Waals surface area contributed by atoms with E-state index in [1.807, 2.05) is 20.8 Å². The Morgan fingerprint density at radius 2 is 1.68 bits per heavy atom. The summed E-state index contributed by atoms with van der Waals surface area (Å²) in [7, 11) is 5.20. The van der Waals surface area contributed by atoms with Crippen LogP contribution >= 0.6 is 11.8 Å². The number of esters is 2. The van der Waals surface area contributed by atoms with Gasteiger partial charge in [0, 0.05) is 64.9 Å². The Labute approximate surface area is 404 Å². The lowest BCUT2D eigenvalue weighted by atomic mass is 9.77. The smallest absolute Gasteiger partial charge is 0.504 e. The molecule has 5 unspecified atom stereocenters. The number of ether oxygens (including phenoxy) is 8. The quantitative estimate of drug-likeness (QED) is 0.0811. The van der Waals surface area contributed by atoms with E-state index in [0.29, 0.717) is 65.6 Å². The van der Waals surface area contributed by atoms with Gasteiger partial charge in [-0.1, -0.05) is 45.6 Å². The van der Waals surface area contributed by atoms with Gasteiger partial charge in [0.05, 0.1) is 26.3 Å². The van der Waals surface area contributed by atoms with Crippen molar-refractivity contribution in [3.05, 3.63) is 62.7 Å². The number of fused-ring (bicyclic) bond motifs is 9. The lowest BCUT2D eigenvalue weighted by Crippen LogP contribution is -2.65. The second-order valence-corrected chi connectivity index (χ2v) is 21.3. The molecule has 3 aromatic rings.